The number of carbonyl (C=O) groups excluding carboxylic acids is 1. The zero-order valence-electron chi connectivity index (χ0n) is 17.9. The van der Waals surface area contributed by atoms with Crippen LogP contribution in [0, 0.1) is 6.92 Å². The first-order valence-corrected chi connectivity index (χ1v) is 10.6. The third-order valence-electron chi connectivity index (χ3n) is 5.03. The minimum absolute atomic E-state index is 0.142. The fourth-order valence-corrected chi connectivity index (χ4v) is 3.58. The van der Waals surface area contributed by atoms with Gasteiger partial charge in [0.25, 0.3) is 5.91 Å². The number of ether oxygens (including phenoxy) is 1. The summed E-state index contributed by atoms with van der Waals surface area (Å²) in [4.78, 5) is 17.3. The summed E-state index contributed by atoms with van der Waals surface area (Å²) in [5.41, 5.74) is 3.24. The van der Waals surface area contributed by atoms with Crippen molar-refractivity contribution in [2.75, 3.05) is 13.7 Å². The highest BCUT2D eigenvalue weighted by molar-refractivity contribution is 6.30. The number of hydrogen-bond donors (Lipinski definition) is 1. The molecule has 0 bridgehead atoms. The highest BCUT2D eigenvalue weighted by Gasteiger charge is 2.16. The van der Waals surface area contributed by atoms with E-state index in [0.717, 1.165) is 23.2 Å². The largest absolute Gasteiger partial charge is 0.496 e. The van der Waals surface area contributed by atoms with Gasteiger partial charge in [-0.25, -0.2) is 9.67 Å². The van der Waals surface area contributed by atoms with Gasteiger partial charge in [0.15, 0.2) is 5.82 Å². The number of carbonyl (C=O) groups is 1. The van der Waals surface area contributed by atoms with Gasteiger partial charge in [-0.15, -0.1) is 0 Å². The molecule has 0 saturated heterocycles. The number of aryl methyl sites for hydroxylation is 1. The Labute approximate surface area is 191 Å². The van der Waals surface area contributed by atoms with Crippen molar-refractivity contribution in [3.05, 3.63) is 94.8 Å². The van der Waals surface area contributed by atoms with Gasteiger partial charge in [0.1, 0.15) is 11.6 Å². The van der Waals surface area contributed by atoms with Crippen molar-refractivity contribution in [3.8, 4) is 22.8 Å². The van der Waals surface area contributed by atoms with E-state index in [1.807, 2.05) is 73.7 Å². The number of aromatic nitrogens is 3. The van der Waals surface area contributed by atoms with Crippen LogP contribution < -0.4 is 10.1 Å². The number of nitrogens with one attached hydrogen (secondary N) is 1. The third-order valence-corrected chi connectivity index (χ3v) is 5.28. The Balaban J connectivity index is 1.54. The molecule has 1 N–H and O–H groups in total. The molecule has 7 heteroatoms. The van der Waals surface area contributed by atoms with Crippen molar-refractivity contribution >= 4 is 17.5 Å². The fraction of sp³-hybridized carbons (Fsp3) is 0.160. The van der Waals surface area contributed by atoms with E-state index in [1.54, 1.807) is 17.9 Å². The van der Waals surface area contributed by atoms with Crippen LogP contribution in [0.25, 0.3) is 17.1 Å². The topological polar surface area (TPSA) is 69.0 Å². The molecule has 0 aliphatic heterocycles. The molecule has 6 nitrogen and oxygen atoms in total. The Kier molecular flexibility index (Phi) is 6.52. The maximum absolute atomic E-state index is 12.7. The second-order valence-corrected chi connectivity index (χ2v) is 7.71. The molecule has 3 aromatic carbocycles. The lowest BCUT2D eigenvalue weighted by atomic mass is 10.1. The molecular weight excluding hydrogens is 424 g/mol. The first kappa shape index (κ1) is 21.6. The van der Waals surface area contributed by atoms with E-state index in [-0.39, 0.29) is 5.91 Å². The molecule has 0 saturated carbocycles. The summed E-state index contributed by atoms with van der Waals surface area (Å²) >= 11 is 5.92. The molecule has 0 unspecified atom stereocenters. The number of rotatable bonds is 7. The Hall–Kier alpha value is -3.64. The number of nitrogens with zero attached hydrogens (tertiary/aromatic N) is 3. The van der Waals surface area contributed by atoms with Crippen LogP contribution in [-0.4, -0.2) is 34.3 Å². The van der Waals surface area contributed by atoms with Gasteiger partial charge in [-0.2, -0.15) is 5.10 Å². The van der Waals surface area contributed by atoms with E-state index >= 15 is 0 Å². The summed E-state index contributed by atoms with van der Waals surface area (Å²) in [5, 5.41) is 8.22. The zero-order chi connectivity index (χ0) is 22.5. The highest BCUT2D eigenvalue weighted by Crippen LogP contribution is 2.30. The van der Waals surface area contributed by atoms with E-state index in [9.17, 15) is 4.79 Å². The van der Waals surface area contributed by atoms with Crippen LogP contribution in [0.2, 0.25) is 5.02 Å². The Bertz CT molecular complexity index is 1230. The van der Waals surface area contributed by atoms with Crippen LogP contribution in [0.3, 0.4) is 0 Å². The lowest BCUT2D eigenvalue weighted by Crippen LogP contribution is -2.25. The summed E-state index contributed by atoms with van der Waals surface area (Å²) < 4.78 is 7.23. The predicted octanol–water partition coefficient (Wildman–Crippen LogP) is 4.88. The van der Waals surface area contributed by atoms with E-state index in [4.69, 9.17) is 16.3 Å². The molecule has 32 heavy (non-hydrogen) atoms. The molecule has 0 aliphatic rings. The second kappa shape index (κ2) is 9.66. The number of hydrogen-bond acceptors (Lipinski definition) is 4. The minimum atomic E-state index is -0.142. The smallest absolute Gasteiger partial charge is 0.251 e. The lowest BCUT2D eigenvalue weighted by molar-refractivity contribution is 0.0954. The first-order valence-electron chi connectivity index (χ1n) is 10.3. The van der Waals surface area contributed by atoms with Crippen molar-refractivity contribution in [3.63, 3.8) is 0 Å². The molecule has 0 spiro atoms. The molecule has 1 amide bonds. The van der Waals surface area contributed by atoms with E-state index in [1.165, 1.54) is 0 Å². The van der Waals surface area contributed by atoms with Crippen LogP contribution in [0.5, 0.6) is 5.75 Å². The number of para-hydroxylation sites is 1. The van der Waals surface area contributed by atoms with Gasteiger partial charge in [0.05, 0.1) is 18.4 Å². The maximum atomic E-state index is 12.7. The quantitative estimate of drug-likeness (QED) is 0.439. The van der Waals surface area contributed by atoms with Gasteiger partial charge in [-0.3, -0.25) is 4.79 Å². The molecule has 1 heterocycles. The Morgan fingerprint density at radius 3 is 2.62 bits per heavy atom. The highest BCUT2D eigenvalue weighted by atomic mass is 35.5. The number of halogens is 1. The molecule has 4 aromatic rings. The molecule has 162 valence electrons. The van der Waals surface area contributed by atoms with Crippen LogP contribution in [0.15, 0.2) is 72.8 Å². The fourth-order valence-electron chi connectivity index (χ4n) is 3.45. The standard InChI is InChI=1S/C25H23ClN4O2/c1-17-28-24(22-8-3-4-9-23(22)32-2)30(29-17)21-7-5-6-19(16-21)25(31)27-15-14-18-10-12-20(26)13-11-18/h3-13,16H,14-15H2,1-2H3,(H,27,31). The van der Waals surface area contributed by atoms with Crippen LogP contribution in [0.1, 0.15) is 21.7 Å². The van der Waals surface area contributed by atoms with Gasteiger partial charge in [0.2, 0.25) is 0 Å². The number of benzene rings is 3. The first-order chi connectivity index (χ1) is 15.5. The van der Waals surface area contributed by atoms with Crippen LogP contribution in [-0.2, 0) is 6.42 Å². The molecular formula is C25H23ClN4O2. The summed E-state index contributed by atoms with van der Waals surface area (Å²) in [5.74, 6) is 1.85. The van der Waals surface area contributed by atoms with Crippen molar-refractivity contribution < 1.29 is 9.53 Å². The Morgan fingerprint density at radius 2 is 1.84 bits per heavy atom. The zero-order valence-corrected chi connectivity index (χ0v) is 18.6. The van der Waals surface area contributed by atoms with Crippen LogP contribution >= 0.6 is 11.6 Å². The van der Waals surface area contributed by atoms with Crippen molar-refractivity contribution in [2.24, 2.45) is 0 Å². The molecule has 4 rings (SSSR count). The average molecular weight is 447 g/mol. The lowest BCUT2D eigenvalue weighted by Gasteiger charge is -2.11. The summed E-state index contributed by atoms with van der Waals surface area (Å²) in [7, 11) is 1.63. The predicted molar refractivity (Wildman–Crippen MR) is 126 cm³/mol. The van der Waals surface area contributed by atoms with Gasteiger partial charge >= 0.3 is 0 Å². The van der Waals surface area contributed by atoms with Crippen molar-refractivity contribution in [1.29, 1.82) is 0 Å². The van der Waals surface area contributed by atoms with Crippen molar-refractivity contribution in [2.45, 2.75) is 13.3 Å². The van der Waals surface area contributed by atoms with Gasteiger partial charge < -0.3 is 10.1 Å². The van der Waals surface area contributed by atoms with Crippen molar-refractivity contribution in [1.82, 2.24) is 20.1 Å². The average Bonchev–Trinajstić information content (AvgIpc) is 3.22. The minimum Gasteiger partial charge on any atom is -0.496 e. The summed E-state index contributed by atoms with van der Waals surface area (Å²) in [6, 6.07) is 22.6. The van der Waals surface area contributed by atoms with Crippen LogP contribution in [0.4, 0.5) is 0 Å². The van der Waals surface area contributed by atoms with Gasteiger partial charge in [-0.05, 0) is 61.4 Å². The molecule has 0 radical (unpaired) electrons. The Morgan fingerprint density at radius 1 is 1.06 bits per heavy atom. The monoisotopic (exact) mass is 446 g/mol. The third kappa shape index (κ3) is 4.81. The van der Waals surface area contributed by atoms with E-state index < -0.39 is 0 Å². The van der Waals surface area contributed by atoms with E-state index in [0.29, 0.717) is 34.5 Å². The summed E-state index contributed by atoms with van der Waals surface area (Å²) in [6.45, 7) is 2.36. The molecule has 0 fully saturated rings. The normalized spacial score (nSPS) is 10.7. The molecule has 0 aliphatic carbocycles. The maximum Gasteiger partial charge on any atom is 0.251 e. The number of methoxy groups -OCH3 is 1. The van der Waals surface area contributed by atoms with Gasteiger partial charge in [0, 0.05) is 17.1 Å². The SMILES string of the molecule is COc1ccccc1-c1nc(C)nn1-c1cccc(C(=O)NCCc2ccc(Cl)cc2)c1. The van der Waals surface area contributed by atoms with Gasteiger partial charge in [-0.1, -0.05) is 41.9 Å². The number of amides is 1. The van der Waals surface area contributed by atoms with E-state index in [2.05, 4.69) is 15.4 Å². The molecule has 0 atom stereocenters. The molecule has 1 aromatic heterocycles. The summed E-state index contributed by atoms with van der Waals surface area (Å²) in [6.07, 6.45) is 0.725. The second-order valence-electron chi connectivity index (χ2n) is 7.28.